The first-order valence-electron chi connectivity index (χ1n) is 11.3. The number of fused-ring (bicyclic) bond motifs is 3. The van der Waals surface area contributed by atoms with Crippen LogP contribution in [0, 0.1) is 5.92 Å². The second-order valence-corrected chi connectivity index (χ2v) is 9.64. The van der Waals surface area contributed by atoms with E-state index in [1.807, 2.05) is 36.4 Å². The molecule has 1 atom stereocenters. The highest BCUT2D eigenvalue weighted by molar-refractivity contribution is 7.22. The van der Waals surface area contributed by atoms with Gasteiger partial charge in [-0.1, -0.05) is 23.5 Å². The molecule has 168 valence electrons. The van der Waals surface area contributed by atoms with Gasteiger partial charge in [-0.3, -0.25) is 4.90 Å². The van der Waals surface area contributed by atoms with Gasteiger partial charge >= 0.3 is 0 Å². The van der Waals surface area contributed by atoms with Gasteiger partial charge in [0, 0.05) is 25.2 Å². The summed E-state index contributed by atoms with van der Waals surface area (Å²) in [5, 5.41) is 4.53. The molecule has 0 bridgehead atoms. The number of nitrogens with one attached hydrogen (secondary N) is 1. The molecule has 0 saturated carbocycles. The van der Waals surface area contributed by atoms with Crippen molar-refractivity contribution in [3.05, 3.63) is 36.4 Å². The first kappa shape index (κ1) is 19.9. The maximum Gasteiger partial charge on any atom is 0.183 e. The molecule has 6 rings (SSSR count). The predicted octanol–water partition coefficient (Wildman–Crippen LogP) is 4.03. The Balaban J connectivity index is 0.991. The van der Waals surface area contributed by atoms with E-state index >= 15 is 0 Å². The van der Waals surface area contributed by atoms with Crippen molar-refractivity contribution in [1.82, 2.24) is 9.88 Å². The van der Waals surface area contributed by atoms with Gasteiger partial charge in [-0.2, -0.15) is 0 Å². The molecular weight excluding hydrogens is 426 g/mol. The molecule has 3 aromatic rings. The van der Waals surface area contributed by atoms with Crippen LogP contribution in [0.4, 0.5) is 5.13 Å². The molecule has 1 fully saturated rings. The number of piperidine rings is 1. The highest BCUT2D eigenvalue weighted by atomic mass is 32.1. The van der Waals surface area contributed by atoms with Crippen molar-refractivity contribution in [3.8, 4) is 23.0 Å². The number of para-hydroxylation sites is 2. The van der Waals surface area contributed by atoms with Crippen LogP contribution in [-0.2, 0) is 0 Å². The van der Waals surface area contributed by atoms with E-state index in [0.717, 1.165) is 64.5 Å². The lowest BCUT2D eigenvalue weighted by molar-refractivity contribution is 0.0485. The van der Waals surface area contributed by atoms with Crippen LogP contribution in [0.1, 0.15) is 12.8 Å². The Kier molecular flexibility index (Phi) is 5.40. The van der Waals surface area contributed by atoms with Crippen LogP contribution >= 0.6 is 11.3 Å². The number of hydrogen-bond acceptors (Lipinski definition) is 8. The van der Waals surface area contributed by atoms with Crippen LogP contribution in [0.5, 0.6) is 23.0 Å². The van der Waals surface area contributed by atoms with Crippen molar-refractivity contribution < 1.29 is 18.9 Å². The van der Waals surface area contributed by atoms with E-state index in [9.17, 15) is 0 Å². The van der Waals surface area contributed by atoms with Crippen molar-refractivity contribution in [2.75, 3.05) is 51.3 Å². The number of likely N-dealkylation sites (tertiary alicyclic amines) is 1. The quantitative estimate of drug-likeness (QED) is 0.626. The van der Waals surface area contributed by atoms with E-state index < -0.39 is 0 Å². The average molecular weight is 454 g/mol. The number of rotatable bonds is 5. The second kappa shape index (κ2) is 8.67. The van der Waals surface area contributed by atoms with E-state index in [0.29, 0.717) is 25.7 Å². The minimum Gasteiger partial charge on any atom is -0.486 e. The van der Waals surface area contributed by atoms with E-state index in [1.165, 1.54) is 12.8 Å². The molecule has 0 radical (unpaired) electrons. The molecule has 0 spiro atoms. The number of hydrogen-bond donors (Lipinski definition) is 1. The van der Waals surface area contributed by atoms with E-state index in [2.05, 4.69) is 10.2 Å². The molecule has 1 unspecified atom stereocenters. The third kappa shape index (κ3) is 4.17. The fraction of sp³-hybridized carbons (Fsp3) is 0.458. The van der Waals surface area contributed by atoms with E-state index in [-0.39, 0.29) is 6.10 Å². The molecule has 0 aliphatic carbocycles. The third-order valence-electron chi connectivity index (χ3n) is 6.33. The Morgan fingerprint density at radius 3 is 2.59 bits per heavy atom. The summed E-state index contributed by atoms with van der Waals surface area (Å²) in [5.74, 6) is 3.98. The molecule has 7 nitrogen and oxygen atoms in total. The van der Waals surface area contributed by atoms with Gasteiger partial charge in [0.1, 0.15) is 25.9 Å². The van der Waals surface area contributed by atoms with Gasteiger partial charge in [-0.05, 0) is 44.0 Å². The number of ether oxygens (including phenoxy) is 4. The van der Waals surface area contributed by atoms with Crippen LogP contribution in [0.25, 0.3) is 10.2 Å². The maximum atomic E-state index is 6.13. The molecule has 2 aromatic carbocycles. The smallest absolute Gasteiger partial charge is 0.183 e. The summed E-state index contributed by atoms with van der Waals surface area (Å²) in [5.41, 5.74) is 0.966. The molecule has 3 aliphatic heterocycles. The number of benzene rings is 2. The second-order valence-electron chi connectivity index (χ2n) is 8.61. The number of thiazole rings is 1. The minimum absolute atomic E-state index is 0.0982. The molecular formula is C24H27N3O4S. The average Bonchev–Trinajstić information content (AvgIpc) is 3.23. The number of aromatic nitrogens is 1. The number of nitrogens with zero attached hydrogens (tertiary/aromatic N) is 2. The van der Waals surface area contributed by atoms with Crippen LogP contribution in [0.15, 0.2) is 36.4 Å². The van der Waals surface area contributed by atoms with Crippen LogP contribution in [-0.4, -0.2) is 62.0 Å². The molecule has 0 amide bonds. The van der Waals surface area contributed by atoms with Crippen LogP contribution in [0.3, 0.4) is 0 Å². The maximum absolute atomic E-state index is 6.13. The van der Waals surface area contributed by atoms with Gasteiger partial charge in [-0.15, -0.1) is 0 Å². The van der Waals surface area contributed by atoms with Crippen molar-refractivity contribution in [2.24, 2.45) is 5.92 Å². The lowest BCUT2D eigenvalue weighted by Gasteiger charge is -2.35. The first-order valence-corrected chi connectivity index (χ1v) is 12.2. The molecule has 1 saturated heterocycles. The Morgan fingerprint density at radius 1 is 0.969 bits per heavy atom. The monoisotopic (exact) mass is 453 g/mol. The molecule has 4 heterocycles. The summed E-state index contributed by atoms with van der Waals surface area (Å²) in [7, 11) is 0. The highest BCUT2D eigenvalue weighted by Crippen LogP contribution is 2.38. The summed E-state index contributed by atoms with van der Waals surface area (Å²) in [6.45, 7) is 5.88. The van der Waals surface area contributed by atoms with Gasteiger partial charge in [0.2, 0.25) is 0 Å². The summed E-state index contributed by atoms with van der Waals surface area (Å²) < 4.78 is 24.5. The van der Waals surface area contributed by atoms with Gasteiger partial charge in [0.05, 0.1) is 10.2 Å². The standard InChI is InChI=1S/C24H27N3O4S/c1-2-4-20-19(3-1)30-15-17(31-20)14-27-7-5-16(6-8-27)13-25-24-26-18-11-21-22(12-23(18)32-24)29-10-9-28-21/h1-4,11-12,16-17H,5-10,13-15H2,(H,25,26). The highest BCUT2D eigenvalue weighted by Gasteiger charge is 2.26. The van der Waals surface area contributed by atoms with Crippen molar-refractivity contribution in [3.63, 3.8) is 0 Å². The Hall–Kier alpha value is -2.71. The fourth-order valence-electron chi connectivity index (χ4n) is 4.59. The van der Waals surface area contributed by atoms with Crippen molar-refractivity contribution >= 4 is 26.7 Å². The summed E-state index contributed by atoms with van der Waals surface area (Å²) in [4.78, 5) is 7.25. The van der Waals surface area contributed by atoms with Crippen LogP contribution in [0.2, 0.25) is 0 Å². The largest absolute Gasteiger partial charge is 0.486 e. The summed E-state index contributed by atoms with van der Waals surface area (Å²) >= 11 is 1.68. The SMILES string of the molecule is c1ccc2c(c1)OCC(CN1CCC(CNc3nc4cc5c(cc4s3)OCCO5)CC1)O2. The minimum atomic E-state index is 0.0982. The van der Waals surface area contributed by atoms with Gasteiger partial charge in [0.25, 0.3) is 0 Å². The lowest BCUT2D eigenvalue weighted by atomic mass is 9.96. The lowest BCUT2D eigenvalue weighted by Crippen LogP contribution is -2.44. The third-order valence-corrected chi connectivity index (χ3v) is 7.31. The van der Waals surface area contributed by atoms with Crippen molar-refractivity contribution in [1.29, 1.82) is 0 Å². The summed E-state index contributed by atoms with van der Waals surface area (Å²) in [6.07, 6.45) is 2.46. The Bertz CT molecular complexity index is 1050. The predicted molar refractivity (Wildman–Crippen MR) is 125 cm³/mol. The van der Waals surface area contributed by atoms with Gasteiger partial charge in [-0.25, -0.2) is 4.98 Å². The molecule has 3 aliphatic rings. The topological polar surface area (TPSA) is 65.1 Å². The Labute approximate surface area is 191 Å². The van der Waals surface area contributed by atoms with Gasteiger partial charge < -0.3 is 24.3 Å². The molecule has 1 aromatic heterocycles. The van der Waals surface area contributed by atoms with Gasteiger partial charge in [0.15, 0.2) is 28.1 Å². The molecule has 1 N–H and O–H groups in total. The van der Waals surface area contributed by atoms with Crippen LogP contribution < -0.4 is 24.3 Å². The first-order chi connectivity index (χ1) is 15.8. The zero-order valence-corrected chi connectivity index (χ0v) is 18.7. The normalized spacial score (nSPS) is 20.9. The Morgan fingerprint density at radius 2 is 1.75 bits per heavy atom. The van der Waals surface area contributed by atoms with Crippen molar-refractivity contribution in [2.45, 2.75) is 18.9 Å². The zero-order chi connectivity index (χ0) is 21.3. The van der Waals surface area contributed by atoms with E-state index in [4.69, 9.17) is 23.9 Å². The summed E-state index contributed by atoms with van der Waals surface area (Å²) in [6, 6.07) is 11.9. The van der Waals surface area contributed by atoms with E-state index in [1.54, 1.807) is 11.3 Å². The molecule has 32 heavy (non-hydrogen) atoms. The number of anilines is 1. The fourth-order valence-corrected chi connectivity index (χ4v) is 5.47. The zero-order valence-electron chi connectivity index (χ0n) is 17.9. The molecule has 8 heteroatoms.